The molecule has 0 spiro atoms. The number of piperidine rings is 2. The molecule has 2 aliphatic rings. The highest BCUT2D eigenvalue weighted by atomic mass is 16.5. The number of hydrogen-bond acceptors (Lipinski definition) is 4. The molecular formula is C16H30N2O3. The van der Waals surface area contributed by atoms with E-state index in [1.165, 1.54) is 0 Å². The number of ether oxygens (including phenoxy) is 2. The van der Waals surface area contributed by atoms with E-state index in [4.69, 9.17) is 9.47 Å². The van der Waals surface area contributed by atoms with E-state index in [1.54, 1.807) is 0 Å². The van der Waals surface area contributed by atoms with Gasteiger partial charge in [-0.3, -0.25) is 4.79 Å². The van der Waals surface area contributed by atoms with Crippen LogP contribution in [-0.4, -0.2) is 62.9 Å². The molecule has 1 unspecified atom stereocenters. The topological polar surface area (TPSA) is 50.8 Å². The maximum Gasteiger partial charge on any atom is 0.229 e. The number of likely N-dealkylation sites (tertiary alicyclic amines) is 1. The Hall–Kier alpha value is -0.650. The second kappa shape index (κ2) is 8.11. The fourth-order valence-corrected chi connectivity index (χ4v) is 3.26. The summed E-state index contributed by atoms with van der Waals surface area (Å²) in [6.07, 6.45) is 4.28. The van der Waals surface area contributed by atoms with Gasteiger partial charge in [0.2, 0.25) is 5.91 Å². The first-order valence-electron chi connectivity index (χ1n) is 8.35. The third kappa shape index (κ3) is 4.66. The summed E-state index contributed by atoms with van der Waals surface area (Å²) in [5.74, 6) is 0.322. The maximum atomic E-state index is 12.7. The highest BCUT2D eigenvalue weighted by molar-refractivity contribution is 5.82. The fourth-order valence-electron chi connectivity index (χ4n) is 3.26. The van der Waals surface area contributed by atoms with Crippen LogP contribution in [0.1, 0.15) is 39.5 Å². The number of carbonyl (C=O) groups is 1. The minimum absolute atomic E-state index is 0.207. The van der Waals surface area contributed by atoms with Crippen molar-refractivity contribution < 1.29 is 14.3 Å². The van der Waals surface area contributed by atoms with Gasteiger partial charge in [-0.25, -0.2) is 0 Å². The molecule has 1 atom stereocenters. The van der Waals surface area contributed by atoms with Crippen LogP contribution in [0.2, 0.25) is 0 Å². The lowest BCUT2D eigenvalue weighted by Crippen LogP contribution is -2.52. The summed E-state index contributed by atoms with van der Waals surface area (Å²) in [5, 5.41) is 3.36. The normalized spacial score (nSPS) is 27.8. The average Bonchev–Trinajstić information content (AvgIpc) is 2.52. The van der Waals surface area contributed by atoms with Crippen LogP contribution in [0, 0.1) is 5.41 Å². The summed E-state index contributed by atoms with van der Waals surface area (Å²) in [7, 11) is 0. The molecule has 0 bridgehead atoms. The van der Waals surface area contributed by atoms with Crippen molar-refractivity contribution >= 4 is 5.91 Å². The van der Waals surface area contributed by atoms with Crippen molar-refractivity contribution in [1.82, 2.24) is 10.2 Å². The molecule has 0 radical (unpaired) electrons. The average molecular weight is 298 g/mol. The molecule has 2 heterocycles. The van der Waals surface area contributed by atoms with E-state index in [0.29, 0.717) is 19.1 Å². The summed E-state index contributed by atoms with van der Waals surface area (Å²) < 4.78 is 11.1. The molecule has 122 valence electrons. The lowest BCUT2D eigenvalue weighted by atomic mass is 9.81. The zero-order valence-corrected chi connectivity index (χ0v) is 13.5. The van der Waals surface area contributed by atoms with Gasteiger partial charge in [0, 0.05) is 26.2 Å². The molecule has 5 heteroatoms. The van der Waals surface area contributed by atoms with E-state index in [0.717, 1.165) is 58.5 Å². The van der Waals surface area contributed by atoms with Crippen molar-refractivity contribution in [2.75, 3.05) is 46.0 Å². The maximum absolute atomic E-state index is 12.7. The number of carbonyl (C=O) groups excluding carboxylic acids is 1. The van der Waals surface area contributed by atoms with E-state index < -0.39 is 0 Å². The molecule has 2 fully saturated rings. The first kappa shape index (κ1) is 16.7. The lowest BCUT2D eigenvalue weighted by Gasteiger charge is -2.40. The zero-order chi connectivity index (χ0) is 15.1. The largest absolute Gasteiger partial charge is 0.379 e. The second-order valence-electron chi connectivity index (χ2n) is 6.40. The molecule has 0 aromatic rings. The first-order chi connectivity index (χ1) is 10.2. The quantitative estimate of drug-likeness (QED) is 0.754. The SMILES string of the molecule is CCOCCOC1CCN(C(=O)C2(C)CCCNC2)CC1. The van der Waals surface area contributed by atoms with Crippen molar-refractivity contribution in [2.45, 2.75) is 45.6 Å². The molecule has 0 saturated carbocycles. The summed E-state index contributed by atoms with van der Waals surface area (Å²) in [5.41, 5.74) is -0.207. The Balaban J connectivity index is 1.71. The zero-order valence-electron chi connectivity index (χ0n) is 13.5. The van der Waals surface area contributed by atoms with Gasteiger partial charge >= 0.3 is 0 Å². The van der Waals surface area contributed by atoms with Crippen LogP contribution in [0.25, 0.3) is 0 Å². The van der Waals surface area contributed by atoms with Crippen LogP contribution in [0.4, 0.5) is 0 Å². The Morgan fingerprint density at radius 1 is 1.33 bits per heavy atom. The summed E-state index contributed by atoms with van der Waals surface area (Å²) in [6.45, 7) is 9.67. The Bertz CT molecular complexity index is 321. The third-order valence-electron chi connectivity index (χ3n) is 4.63. The van der Waals surface area contributed by atoms with E-state index >= 15 is 0 Å². The standard InChI is InChI=1S/C16H30N2O3/c1-3-20-11-12-21-14-5-9-18(10-6-14)15(19)16(2)7-4-8-17-13-16/h14,17H,3-13H2,1-2H3. The van der Waals surface area contributed by atoms with Gasteiger partial charge in [-0.2, -0.15) is 0 Å². The number of nitrogens with one attached hydrogen (secondary N) is 1. The van der Waals surface area contributed by atoms with Crippen LogP contribution in [0.5, 0.6) is 0 Å². The molecule has 2 saturated heterocycles. The molecule has 0 aromatic carbocycles. The van der Waals surface area contributed by atoms with Crippen molar-refractivity contribution in [3.8, 4) is 0 Å². The van der Waals surface area contributed by atoms with Gasteiger partial charge < -0.3 is 19.7 Å². The smallest absolute Gasteiger partial charge is 0.229 e. The third-order valence-corrected chi connectivity index (χ3v) is 4.63. The highest BCUT2D eigenvalue weighted by Gasteiger charge is 2.38. The van der Waals surface area contributed by atoms with Crippen LogP contribution in [-0.2, 0) is 14.3 Å². The van der Waals surface area contributed by atoms with Crippen LogP contribution < -0.4 is 5.32 Å². The van der Waals surface area contributed by atoms with Gasteiger partial charge in [-0.1, -0.05) is 0 Å². The van der Waals surface area contributed by atoms with Gasteiger partial charge in [-0.05, 0) is 46.1 Å². The Labute approximate surface area is 128 Å². The summed E-state index contributed by atoms with van der Waals surface area (Å²) >= 11 is 0. The Morgan fingerprint density at radius 2 is 2.10 bits per heavy atom. The van der Waals surface area contributed by atoms with Gasteiger partial charge in [0.05, 0.1) is 24.7 Å². The number of amides is 1. The summed E-state index contributed by atoms with van der Waals surface area (Å²) in [6, 6.07) is 0. The highest BCUT2D eigenvalue weighted by Crippen LogP contribution is 2.29. The van der Waals surface area contributed by atoms with Crippen molar-refractivity contribution in [3.05, 3.63) is 0 Å². The molecule has 5 nitrogen and oxygen atoms in total. The number of nitrogens with zero attached hydrogens (tertiary/aromatic N) is 1. The predicted molar refractivity (Wildman–Crippen MR) is 82.3 cm³/mol. The predicted octanol–water partition coefficient (Wildman–Crippen LogP) is 1.42. The van der Waals surface area contributed by atoms with E-state index in [9.17, 15) is 4.79 Å². The van der Waals surface area contributed by atoms with Gasteiger partial charge in [0.15, 0.2) is 0 Å². The van der Waals surface area contributed by atoms with E-state index in [2.05, 4.69) is 12.2 Å². The number of hydrogen-bond donors (Lipinski definition) is 1. The Kier molecular flexibility index (Phi) is 6.45. The van der Waals surface area contributed by atoms with Crippen molar-refractivity contribution in [1.29, 1.82) is 0 Å². The second-order valence-corrected chi connectivity index (χ2v) is 6.40. The molecule has 21 heavy (non-hydrogen) atoms. The minimum atomic E-state index is -0.207. The lowest BCUT2D eigenvalue weighted by molar-refractivity contribution is -0.145. The van der Waals surface area contributed by atoms with Crippen molar-refractivity contribution in [3.63, 3.8) is 0 Å². The first-order valence-corrected chi connectivity index (χ1v) is 8.35. The van der Waals surface area contributed by atoms with Gasteiger partial charge in [0.1, 0.15) is 0 Å². The van der Waals surface area contributed by atoms with Crippen LogP contribution >= 0.6 is 0 Å². The molecular weight excluding hydrogens is 268 g/mol. The Morgan fingerprint density at radius 3 is 2.71 bits per heavy atom. The molecule has 2 aliphatic heterocycles. The van der Waals surface area contributed by atoms with E-state index in [-0.39, 0.29) is 11.5 Å². The van der Waals surface area contributed by atoms with Crippen molar-refractivity contribution in [2.24, 2.45) is 5.41 Å². The van der Waals surface area contributed by atoms with Gasteiger partial charge in [0.25, 0.3) is 0 Å². The monoisotopic (exact) mass is 298 g/mol. The van der Waals surface area contributed by atoms with Gasteiger partial charge in [-0.15, -0.1) is 0 Å². The molecule has 1 N–H and O–H groups in total. The van der Waals surface area contributed by atoms with E-state index in [1.807, 2.05) is 11.8 Å². The number of rotatable bonds is 6. The minimum Gasteiger partial charge on any atom is -0.379 e. The van der Waals surface area contributed by atoms with Crippen LogP contribution in [0.15, 0.2) is 0 Å². The fraction of sp³-hybridized carbons (Fsp3) is 0.938. The molecule has 0 aromatic heterocycles. The summed E-state index contributed by atoms with van der Waals surface area (Å²) in [4.78, 5) is 14.7. The molecule has 0 aliphatic carbocycles. The molecule has 2 rings (SSSR count). The van der Waals surface area contributed by atoms with Crippen LogP contribution in [0.3, 0.4) is 0 Å². The molecule has 1 amide bonds.